The quantitative estimate of drug-likeness (QED) is 0.392. The summed E-state index contributed by atoms with van der Waals surface area (Å²) in [6, 6.07) is 23.2. The first-order chi connectivity index (χ1) is 16.5. The zero-order valence-corrected chi connectivity index (χ0v) is 19.3. The van der Waals surface area contributed by atoms with Gasteiger partial charge in [-0.3, -0.25) is 4.79 Å². The average molecular weight is 459 g/mol. The molecule has 34 heavy (non-hydrogen) atoms. The van der Waals surface area contributed by atoms with Gasteiger partial charge in [0, 0.05) is 30.3 Å². The SMILES string of the molecule is C/C(OC1CC1c1ccccc1)=C(/N)CCOc1ccc(CC(C(=O)O)c2ccccc2)cn1. The van der Waals surface area contributed by atoms with Gasteiger partial charge >= 0.3 is 5.97 Å². The van der Waals surface area contributed by atoms with Crippen LogP contribution in [-0.2, 0) is 16.0 Å². The summed E-state index contributed by atoms with van der Waals surface area (Å²) in [5.41, 5.74) is 9.78. The maximum absolute atomic E-state index is 11.7. The molecule has 2 aromatic carbocycles. The van der Waals surface area contributed by atoms with E-state index in [1.807, 2.05) is 61.5 Å². The number of allylic oxidation sites excluding steroid dienone is 1. The highest BCUT2D eigenvalue weighted by Crippen LogP contribution is 2.44. The van der Waals surface area contributed by atoms with Gasteiger partial charge in [-0.2, -0.15) is 0 Å². The molecule has 176 valence electrons. The fourth-order valence-corrected chi connectivity index (χ4v) is 3.98. The maximum atomic E-state index is 11.7. The van der Waals surface area contributed by atoms with Crippen LogP contribution in [-0.4, -0.2) is 28.8 Å². The topological polar surface area (TPSA) is 94.7 Å². The van der Waals surface area contributed by atoms with Crippen molar-refractivity contribution >= 4 is 5.97 Å². The Kier molecular flexibility index (Phi) is 7.48. The fourth-order valence-electron chi connectivity index (χ4n) is 3.98. The number of rotatable bonds is 11. The van der Waals surface area contributed by atoms with E-state index in [9.17, 15) is 9.90 Å². The monoisotopic (exact) mass is 458 g/mol. The molecule has 1 aliphatic rings. The Morgan fingerprint density at radius 2 is 1.79 bits per heavy atom. The van der Waals surface area contributed by atoms with Crippen LogP contribution in [0.1, 0.15) is 48.3 Å². The molecule has 4 rings (SSSR count). The van der Waals surface area contributed by atoms with Crippen LogP contribution >= 0.6 is 0 Å². The second kappa shape index (κ2) is 10.9. The summed E-state index contributed by atoms with van der Waals surface area (Å²) in [6.07, 6.45) is 3.76. The van der Waals surface area contributed by atoms with Crippen LogP contribution < -0.4 is 10.5 Å². The molecule has 0 amide bonds. The number of hydrogen-bond acceptors (Lipinski definition) is 5. The summed E-state index contributed by atoms with van der Waals surface area (Å²) in [7, 11) is 0. The van der Waals surface area contributed by atoms with Gasteiger partial charge in [0.25, 0.3) is 0 Å². The summed E-state index contributed by atoms with van der Waals surface area (Å²) in [6.45, 7) is 2.28. The van der Waals surface area contributed by atoms with E-state index in [4.69, 9.17) is 15.2 Å². The highest BCUT2D eigenvalue weighted by Gasteiger charge is 2.40. The van der Waals surface area contributed by atoms with Crippen molar-refractivity contribution in [2.75, 3.05) is 6.61 Å². The molecular formula is C28H30N2O4. The van der Waals surface area contributed by atoms with E-state index >= 15 is 0 Å². The van der Waals surface area contributed by atoms with Crippen LogP contribution in [0.5, 0.6) is 5.88 Å². The minimum Gasteiger partial charge on any atom is -0.493 e. The Morgan fingerprint density at radius 3 is 2.44 bits per heavy atom. The molecule has 6 nitrogen and oxygen atoms in total. The minimum atomic E-state index is -0.854. The van der Waals surface area contributed by atoms with Crippen LogP contribution in [0.15, 0.2) is 90.4 Å². The Hall–Kier alpha value is -3.80. The normalized spacial score (nSPS) is 18.5. The summed E-state index contributed by atoms with van der Waals surface area (Å²) < 4.78 is 11.8. The number of carbonyl (C=O) groups is 1. The number of ether oxygens (including phenoxy) is 2. The van der Waals surface area contributed by atoms with Crippen molar-refractivity contribution in [3.63, 3.8) is 0 Å². The number of nitrogens with zero attached hydrogens (tertiary/aromatic N) is 1. The maximum Gasteiger partial charge on any atom is 0.311 e. The number of benzene rings is 2. The van der Waals surface area contributed by atoms with Gasteiger partial charge in [0.15, 0.2) is 0 Å². The van der Waals surface area contributed by atoms with Gasteiger partial charge in [-0.05, 0) is 36.5 Å². The number of aromatic nitrogens is 1. The van der Waals surface area contributed by atoms with Crippen LogP contribution in [0.2, 0.25) is 0 Å². The van der Waals surface area contributed by atoms with Crippen molar-refractivity contribution in [3.05, 3.63) is 107 Å². The molecule has 0 bridgehead atoms. The smallest absolute Gasteiger partial charge is 0.311 e. The molecule has 1 fully saturated rings. The lowest BCUT2D eigenvalue weighted by Gasteiger charge is -2.13. The molecular weight excluding hydrogens is 428 g/mol. The average Bonchev–Trinajstić information content (AvgIpc) is 3.63. The van der Waals surface area contributed by atoms with Crippen molar-refractivity contribution in [1.29, 1.82) is 0 Å². The lowest BCUT2D eigenvalue weighted by Crippen LogP contribution is -2.14. The van der Waals surface area contributed by atoms with E-state index in [-0.39, 0.29) is 6.10 Å². The Bertz CT molecular complexity index is 1110. The Morgan fingerprint density at radius 1 is 1.09 bits per heavy atom. The third-order valence-electron chi connectivity index (χ3n) is 6.10. The van der Waals surface area contributed by atoms with Crippen LogP contribution in [0, 0.1) is 0 Å². The molecule has 1 heterocycles. The van der Waals surface area contributed by atoms with Gasteiger partial charge in [-0.1, -0.05) is 66.7 Å². The Balaban J connectivity index is 1.24. The second-order valence-corrected chi connectivity index (χ2v) is 8.60. The number of carboxylic acids is 1. The van der Waals surface area contributed by atoms with Gasteiger partial charge in [0.05, 0.1) is 12.5 Å². The predicted octanol–water partition coefficient (Wildman–Crippen LogP) is 5.02. The van der Waals surface area contributed by atoms with Crippen LogP contribution in [0.3, 0.4) is 0 Å². The van der Waals surface area contributed by atoms with Gasteiger partial charge < -0.3 is 20.3 Å². The van der Waals surface area contributed by atoms with Gasteiger partial charge in [-0.25, -0.2) is 4.98 Å². The molecule has 3 atom stereocenters. The van der Waals surface area contributed by atoms with E-state index in [0.29, 0.717) is 36.9 Å². The van der Waals surface area contributed by atoms with E-state index in [2.05, 4.69) is 17.1 Å². The molecule has 1 aliphatic carbocycles. The summed E-state index contributed by atoms with van der Waals surface area (Å²) in [5, 5.41) is 9.61. The van der Waals surface area contributed by atoms with Gasteiger partial charge in [0.1, 0.15) is 11.9 Å². The predicted molar refractivity (Wildman–Crippen MR) is 130 cm³/mol. The number of hydrogen-bond donors (Lipinski definition) is 2. The molecule has 0 radical (unpaired) electrons. The van der Waals surface area contributed by atoms with Crippen LogP contribution in [0.4, 0.5) is 0 Å². The third kappa shape index (κ3) is 6.16. The zero-order valence-electron chi connectivity index (χ0n) is 19.3. The molecule has 3 N–H and O–H groups in total. The van der Waals surface area contributed by atoms with E-state index in [0.717, 1.165) is 23.3 Å². The summed E-state index contributed by atoms with van der Waals surface area (Å²) in [4.78, 5) is 16.0. The number of pyridine rings is 1. The van der Waals surface area contributed by atoms with E-state index in [1.54, 1.807) is 12.3 Å². The van der Waals surface area contributed by atoms with E-state index in [1.165, 1.54) is 5.56 Å². The molecule has 0 aliphatic heterocycles. The lowest BCUT2D eigenvalue weighted by atomic mass is 9.93. The first kappa shape index (κ1) is 23.4. The van der Waals surface area contributed by atoms with Crippen molar-refractivity contribution in [2.45, 2.75) is 44.1 Å². The zero-order chi connectivity index (χ0) is 23.9. The molecule has 3 unspecified atom stereocenters. The third-order valence-corrected chi connectivity index (χ3v) is 6.10. The first-order valence-corrected chi connectivity index (χ1v) is 11.5. The summed E-state index contributed by atoms with van der Waals surface area (Å²) >= 11 is 0. The molecule has 0 saturated heterocycles. The molecule has 1 saturated carbocycles. The fraction of sp³-hybridized carbons (Fsp3) is 0.286. The van der Waals surface area contributed by atoms with Crippen molar-refractivity contribution in [1.82, 2.24) is 4.98 Å². The standard InChI is InChI=1S/C28H30N2O4/c1-19(34-26-17-23(26)21-8-4-2-5-9-21)25(29)14-15-33-27-13-12-20(18-30-27)16-24(28(31)32)22-10-6-3-7-11-22/h2-13,18,23-24,26H,14-17,29H2,1H3,(H,31,32)/b25-19-. The van der Waals surface area contributed by atoms with E-state index < -0.39 is 11.9 Å². The first-order valence-electron chi connectivity index (χ1n) is 11.5. The largest absolute Gasteiger partial charge is 0.493 e. The minimum absolute atomic E-state index is 0.182. The van der Waals surface area contributed by atoms with Gasteiger partial charge in [-0.15, -0.1) is 0 Å². The molecule has 6 heteroatoms. The molecule has 3 aromatic rings. The molecule has 1 aromatic heterocycles. The van der Waals surface area contributed by atoms with Crippen molar-refractivity contribution in [3.8, 4) is 5.88 Å². The Labute approximate surface area is 200 Å². The highest BCUT2D eigenvalue weighted by molar-refractivity contribution is 5.76. The van der Waals surface area contributed by atoms with Crippen molar-refractivity contribution < 1.29 is 19.4 Å². The number of nitrogens with two attached hydrogens (primary N) is 1. The lowest BCUT2D eigenvalue weighted by molar-refractivity contribution is -0.138. The van der Waals surface area contributed by atoms with Crippen molar-refractivity contribution in [2.24, 2.45) is 5.73 Å². The highest BCUT2D eigenvalue weighted by atomic mass is 16.5. The van der Waals surface area contributed by atoms with Crippen LogP contribution in [0.25, 0.3) is 0 Å². The second-order valence-electron chi connectivity index (χ2n) is 8.60. The number of aliphatic carboxylic acids is 1. The molecule has 0 spiro atoms. The summed E-state index contributed by atoms with van der Waals surface area (Å²) in [5.74, 6) is 0.192. The number of carboxylic acid groups (broad SMARTS) is 1. The van der Waals surface area contributed by atoms with Gasteiger partial charge in [0.2, 0.25) is 5.88 Å².